The van der Waals surface area contributed by atoms with E-state index in [1.165, 1.54) is 25.3 Å². The summed E-state index contributed by atoms with van der Waals surface area (Å²) in [5, 5.41) is 0. The standard InChI is InChI=1S/C11H11F3O3/c1-16-10(15)6-5-8-3-2-4-9(7-8)17-11(12,13)14/h2-4,7H,5-6H2,1H3. The van der Waals surface area contributed by atoms with E-state index in [9.17, 15) is 18.0 Å². The molecule has 0 aliphatic heterocycles. The topological polar surface area (TPSA) is 35.5 Å². The van der Waals surface area contributed by atoms with Gasteiger partial charge in [0.15, 0.2) is 0 Å². The van der Waals surface area contributed by atoms with Gasteiger partial charge in [0.25, 0.3) is 0 Å². The van der Waals surface area contributed by atoms with Crippen LogP contribution in [0.4, 0.5) is 13.2 Å². The van der Waals surface area contributed by atoms with E-state index < -0.39 is 12.3 Å². The number of aryl methyl sites for hydroxylation is 1. The van der Waals surface area contributed by atoms with Crippen molar-refractivity contribution in [1.29, 1.82) is 0 Å². The van der Waals surface area contributed by atoms with Crippen molar-refractivity contribution in [2.75, 3.05) is 7.11 Å². The molecule has 0 heterocycles. The second-order valence-corrected chi connectivity index (χ2v) is 3.27. The molecule has 1 rings (SSSR count). The van der Waals surface area contributed by atoms with E-state index in [-0.39, 0.29) is 12.2 Å². The van der Waals surface area contributed by atoms with Crippen molar-refractivity contribution in [3.63, 3.8) is 0 Å². The summed E-state index contributed by atoms with van der Waals surface area (Å²) in [5.74, 6) is -0.702. The van der Waals surface area contributed by atoms with Crippen LogP contribution in [0.1, 0.15) is 12.0 Å². The van der Waals surface area contributed by atoms with Gasteiger partial charge in [-0.3, -0.25) is 4.79 Å². The highest BCUT2D eigenvalue weighted by molar-refractivity contribution is 5.69. The summed E-state index contributed by atoms with van der Waals surface area (Å²) in [6.45, 7) is 0. The molecule has 17 heavy (non-hydrogen) atoms. The zero-order chi connectivity index (χ0) is 12.9. The van der Waals surface area contributed by atoms with Gasteiger partial charge in [0.1, 0.15) is 5.75 Å². The van der Waals surface area contributed by atoms with Crippen LogP contribution in [-0.2, 0) is 16.0 Å². The van der Waals surface area contributed by atoms with Gasteiger partial charge in [0.2, 0.25) is 0 Å². The smallest absolute Gasteiger partial charge is 0.469 e. The number of carbonyl (C=O) groups is 1. The lowest BCUT2D eigenvalue weighted by molar-refractivity contribution is -0.274. The van der Waals surface area contributed by atoms with Crippen LogP contribution >= 0.6 is 0 Å². The van der Waals surface area contributed by atoms with E-state index in [1.54, 1.807) is 6.07 Å². The third-order valence-corrected chi connectivity index (χ3v) is 1.98. The molecule has 0 aliphatic carbocycles. The van der Waals surface area contributed by atoms with Crippen molar-refractivity contribution in [2.45, 2.75) is 19.2 Å². The maximum absolute atomic E-state index is 11.9. The second kappa shape index (κ2) is 5.56. The summed E-state index contributed by atoms with van der Waals surface area (Å²) in [6, 6.07) is 5.51. The molecule has 0 saturated carbocycles. The fraction of sp³-hybridized carbons (Fsp3) is 0.364. The van der Waals surface area contributed by atoms with E-state index in [4.69, 9.17) is 0 Å². The van der Waals surface area contributed by atoms with E-state index in [1.807, 2.05) is 0 Å². The summed E-state index contributed by atoms with van der Waals surface area (Å²) >= 11 is 0. The van der Waals surface area contributed by atoms with Gasteiger partial charge in [-0.25, -0.2) is 0 Å². The van der Waals surface area contributed by atoms with Gasteiger partial charge in [-0.2, -0.15) is 0 Å². The fourth-order valence-electron chi connectivity index (χ4n) is 1.25. The molecule has 0 bridgehead atoms. The molecule has 94 valence electrons. The maximum atomic E-state index is 11.9. The lowest BCUT2D eigenvalue weighted by atomic mass is 10.1. The van der Waals surface area contributed by atoms with Gasteiger partial charge in [-0.05, 0) is 24.1 Å². The molecule has 0 unspecified atom stereocenters. The van der Waals surface area contributed by atoms with Crippen molar-refractivity contribution in [2.24, 2.45) is 0 Å². The molecule has 0 radical (unpaired) electrons. The molecule has 0 N–H and O–H groups in total. The van der Waals surface area contributed by atoms with E-state index in [2.05, 4.69) is 9.47 Å². The van der Waals surface area contributed by atoms with Crippen LogP contribution in [0.5, 0.6) is 5.75 Å². The molecule has 0 fully saturated rings. The highest BCUT2D eigenvalue weighted by Crippen LogP contribution is 2.23. The summed E-state index contributed by atoms with van der Waals surface area (Å²) in [4.78, 5) is 10.9. The van der Waals surface area contributed by atoms with Crippen molar-refractivity contribution < 1.29 is 27.4 Å². The van der Waals surface area contributed by atoms with Crippen molar-refractivity contribution >= 4 is 5.97 Å². The minimum absolute atomic E-state index is 0.117. The van der Waals surface area contributed by atoms with Crippen LogP contribution in [0, 0.1) is 0 Å². The highest BCUT2D eigenvalue weighted by Gasteiger charge is 2.31. The third-order valence-electron chi connectivity index (χ3n) is 1.98. The highest BCUT2D eigenvalue weighted by atomic mass is 19.4. The molecule has 3 nitrogen and oxygen atoms in total. The number of esters is 1. The molecule has 6 heteroatoms. The lowest BCUT2D eigenvalue weighted by Crippen LogP contribution is -2.17. The number of ether oxygens (including phenoxy) is 2. The van der Waals surface area contributed by atoms with Crippen molar-refractivity contribution in [3.05, 3.63) is 29.8 Å². The molecular weight excluding hydrogens is 237 g/mol. The molecule has 1 aromatic rings. The molecule has 0 aliphatic rings. The average molecular weight is 248 g/mol. The molecule has 0 atom stereocenters. The van der Waals surface area contributed by atoms with E-state index in [0.717, 1.165) is 0 Å². The molecule has 0 amide bonds. The Kier molecular flexibility index (Phi) is 4.37. The Labute approximate surface area is 96.1 Å². The molecule has 0 spiro atoms. The van der Waals surface area contributed by atoms with Crippen LogP contribution < -0.4 is 4.74 Å². The Morgan fingerprint density at radius 3 is 2.65 bits per heavy atom. The van der Waals surface area contributed by atoms with Crippen LogP contribution in [0.15, 0.2) is 24.3 Å². The number of carbonyl (C=O) groups excluding carboxylic acids is 1. The molecule has 1 aromatic carbocycles. The first-order valence-corrected chi connectivity index (χ1v) is 4.82. The lowest BCUT2D eigenvalue weighted by Gasteiger charge is -2.09. The second-order valence-electron chi connectivity index (χ2n) is 3.27. The number of methoxy groups -OCH3 is 1. The fourth-order valence-corrected chi connectivity index (χ4v) is 1.25. The Morgan fingerprint density at radius 2 is 2.06 bits per heavy atom. The van der Waals surface area contributed by atoms with Gasteiger partial charge in [-0.1, -0.05) is 12.1 Å². The van der Waals surface area contributed by atoms with Gasteiger partial charge < -0.3 is 9.47 Å². The van der Waals surface area contributed by atoms with Crippen LogP contribution in [0.25, 0.3) is 0 Å². The first-order valence-electron chi connectivity index (χ1n) is 4.82. The maximum Gasteiger partial charge on any atom is 0.573 e. The summed E-state index contributed by atoms with van der Waals surface area (Å²) < 4.78 is 44.0. The largest absolute Gasteiger partial charge is 0.573 e. The zero-order valence-corrected chi connectivity index (χ0v) is 9.08. The third kappa shape index (κ3) is 5.24. The Hall–Kier alpha value is -1.72. The average Bonchev–Trinajstić information content (AvgIpc) is 2.24. The normalized spacial score (nSPS) is 11.1. The van der Waals surface area contributed by atoms with Gasteiger partial charge in [0.05, 0.1) is 7.11 Å². The van der Waals surface area contributed by atoms with Gasteiger partial charge in [0, 0.05) is 6.42 Å². The van der Waals surface area contributed by atoms with Crippen LogP contribution in [-0.4, -0.2) is 19.4 Å². The van der Waals surface area contributed by atoms with Crippen LogP contribution in [0.2, 0.25) is 0 Å². The first-order chi connectivity index (χ1) is 7.90. The Morgan fingerprint density at radius 1 is 1.35 bits per heavy atom. The number of hydrogen-bond donors (Lipinski definition) is 0. The van der Waals surface area contributed by atoms with Gasteiger partial charge >= 0.3 is 12.3 Å². The molecular formula is C11H11F3O3. The quantitative estimate of drug-likeness (QED) is 0.768. The zero-order valence-electron chi connectivity index (χ0n) is 9.08. The summed E-state index contributed by atoms with van der Waals surface area (Å²) in [6.07, 6.45) is -4.28. The number of hydrogen-bond acceptors (Lipinski definition) is 3. The number of benzene rings is 1. The predicted octanol–water partition coefficient (Wildman–Crippen LogP) is 2.69. The molecule has 0 aromatic heterocycles. The monoisotopic (exact) mass is 248 g/mol. The van der Waals surface area contributed by atoms with Crippen LogP contribution in [0.3, 0.4) is 0 Å². The predicted molar refractivity (Wildman–Crippen MR) is 53.5 cm³/mol. The summed E-state index contributed by atoms with van der Waals surface area (Å²) in [7, 11) is 1.26. The van der Waals surface area contributed by atoms with E-state index in [0.29, 0.717) is 12.0 Å². The summed E-state index contributed by atoms with van der Waals surface area (Å²) in [5.41, 5.74) is 0.581. The number of rotatable bonds is 4. The number of halogens is 3. The van der Waals surface area contributed by atoms with Crippen molar-refractivity contribution in [1.82, 2.24) is 0 Å². The minimum Gasteiger partial charge on any atom is -0.469 e. The minimum atomic E-state index is -4.71. The SMILES string of the molecule is COC(=O)CCc1cccc(OC(F)(F)F)c1. The Bertz CT molecular complexity index is 388. The number of alkyl halides is 3. The molecule has 0 saturated heterocycles. The first kappa shape index (κ1) is 13.3. The van der Waals surface area contributed by atoms with Crippen molar-refractivity contribution in [3.8, 4) is 5.75 Å². The van der Waals surface area contributed by atoms with Gasteiger partial charge in [-0.15, -0.1) is 13.2 Å². The van der Waals surface area contributed by atoms with E-state index >= 15 is 0 Å². The Balaban J connectivity index is 2.63.